The molecule has 1 fully saturated rings. The highest BCUT2D eigenvalue weighted by Crippen LogP contribution is 2.21. The van der Waals surface area contributed by atoms with Gasteiger partial charge >= 0.3 is 0 Å². The van der Waals surface area contributed by atoms with Crippen LogP contribution in [0.15, 0.2) is 65.5 Å². The van der Waals surface area contributed by atoms with E-state index in [-0.39, 0.29) is 36.8 Å². The first-order chi connectivity index (χ1) is 15.3. The first-order valence-electron chi connectivity index (χ1n) is 10.8. The third kappa shape index (κ3) is 5.74. The van der Waals surface area contributed by atoms with E-state index >= 15 is 0 Å². The number of hydrogen-bond acceptors (Lipinski definition) is 5. The Morgan fingerprint density at radius 2 is 1.85 bits per heavy atom. The Morgan fingerprint density at radius 3 is 2.64 bits per heavy atom. The van der Waals surface area contributed by atoms with Crippen LogP contribution in [0.4, 0.5) is 0 Å². The number of amides is 1. The lowest BCUT2D eigenvalue weighted by atomic mass is 10.0. The van der Waals surface area contributed by atoms with E-state index in [9.17, 15) is 4.79 Å². The van der Waals surface area contributed by atoms with Crippen LogP contribution in [0, 0.1) is 0 Å². The lowest BCUT2D eigenvalue weighted by Crippen LogP contribution is -2.44. The summed E-state index contributed by atoms with van der Waals surface area (Å²) < 4.78 is 0. The van der Waals surface area contributed by atoms with Crippen LogP contribution >= 0.6 is 24.8 Å². The van der Waals surface area contributed by atoms with E-state index < -0.39 is 0 Å². The number of aliphatic imine (C=N–C) groups is 1. The molecule has 174 valence electrons. The van der Waals surface area contributed by atoms with Gasteiger partial charge in [-0.1, -0.05) is 36.8 Å². The molecule has 0 radical (unpaired) electrons. The van der Waals surface area contributed by atoms with Gasteiger partial charge in [0.15, 0.2) is 0 Å². The number of piperidine rings is 1. The topological polar surface area (TPSA) is 85.4 Å². The second kappa shape index (κ2) is 11.3. The largest absolute Gasteiger partial charge is 0.348 e. The number of aromatic nitrogens is 2. The van der Waals surface area contributed by atoms with Gasteiger partial charge in [-0.25, -0.2) is 9.98 Å². The molecular formula is C24H28Cl2N6O. The van der Waals surface area contributed by atoms with Gasteiger partial charge in [0.1, 0.15) is 11.3 Å². The van der Waals surface area contributed by atoms with Crippen molar-refractivity contribution in [1.82, 2.24) is 25.5 Å². The first-order valence-corrected chi connectivity index (χ1v) is 10.8. The SMILES string of the molecule is Cl.Cl.O=C1NC(N[C@H](CN2CCCCC2)c2ccccc2)=NC1=Cc1c[nH]c2ncccc12. The maximum atomic E-state index is 12.6. The van der Waals surface area contributed by atoms with E-state index in [4.69, 9.17) is 0 Å². The number of fused-ring (bicyclic) bond motifs is 1. The van der Waals surface area contributed by atoms with Crippen molar-refractivity contribution in [3.8, 4) is 0 Å². The minimum atomic E-state index is -0.203. The Labute approximate surface area is 205 Å². The molecule has 3 N–H and O–H groups in total. The summed E-state index contributed by atoms with van der Waals surface area (Å²) in [6.45, 7) is 3.11. The molecule has 0 saturated carbocycles. The molecule has 2 aromatic heterocycles. The molecule has 1 atom stereocenters. The van der Waals surface area contributed by atoms with Gasteiger partial charge < -0.3 is 15.2 Å². The molecule has 0 unspecified atom stereocenters. The number of likely N-dealkylation sites (tertiary alicyclic amines) is 1. The molecule has 1 aromatic carbocycles. The van der Waals surface area contributed by atoms with Crippen molar-refractivity contribution in [3.05, 3.63) is 71.7 Å². The highest BCUT2D eigenvalue weighted by atomic mass is 35.5. The molecule has 0 aliphatic carbocycles. The van der Waals surface area contributed by atoms with Crippen molar-refractivity contribution in [2.24, 2.45) is 4.99 Å². The molecule has 1 amide bonds. The number of carbonyl (C=O) groups excluding carboxylic acids is 1. The number of carbonyl (C=O) groups is 1. The van der Waals surface area contributed by atoms with Crippen LogP contribution in [-0.2, 0) is 4.79 Å². The zero-order valence-corrected chi connectivity index (χ0v) is 19.8. The molecule has 1 saturated heterocycles. The molecule has 2 aliphatic heterocycles. The average molecular weight is 487 g/mol. The van der Waals surface area contributed by atoms with Crippen LogP contribution in [-0.4, -0.2) is 46.4 Å². The number of nitrogens with zero attached hydrogens (tertiary/aromatic N) is 3. The molecule has 33 heavy (non-hydrogen) atoms. The van der Waals surface area contributed by atoms with Gasteiger partial charge in [-0.15, -0.1) is 24.8 Å². The van der Waals surface area contributed by atoms with Crippen LogP contribution in [0.1, 0.15) is 36.4 Å². The molecule has 4 heterocycles. The van der Waals surface area contributed by atoms with Gasteiger partial charge in [0.05, 0.1) is 6.04 Å². The summed E-state index contributed by atoms with van der Waals surface area (Å²) in [7, 11) is 0. The highest BCUT2D eigenvalue weighted by Gasteiger charge is 2.25. The number of guanidine groups is 1. The van der Waals surface area contributed by atoms with Gasteiger partial charge in [0.2, 0.25) is 5.96 Å². The fraction of sp³-hybridized carbons (Fsp3) is 0.292. The molecule has 0 bridgehead atoms. The van der Waals surface area contributed by atoms with Crippen molar-refractivity contribution in [3.63, 3.8) is 0 Å². The third-order valence-electron chi connectivity index (χ3n) is 5.87. The summed E-state index contributed by atoms with van der Waals surface area (Å²) in [5.74, 6) is 0.297. The predicted octanol–water partition coefficient (Wildman–Crippen LogP) is 4.05. The van der Waals surface area contributed by atoms with Crippen molar-refractivity contribution < 1.29 is 4.79 Å². The molecule has 2 aliphatic rings. The summed E-state index contributed by atoms with van der Waals surface area (Å²) in [6.07, 6.45) is 9.18. The minimum absolute atomic E-state index is 0. The lowest BCUT2D eigenvalue weighted by Gasteiger charge is -2.31. The fourth-order valence-corrected chi connectivity index (χ4v) is 4.27. The van der Waals surface area contributed by atoms with Crippen molar-refractivity contribution in [2.75, 3.05) is 19.6 Å². The van der Waals surface area contributed by atoms with Crippen LogP contribution in [0.2, 0.25) is 0 Å². The second-order valence-corrected chi connectivity index (χ2v) is 8.06. The van der Waals surface area contributed by atoms with Gasteiger partial charge in [0, 0.05) is 29.9 Å². The molecule has 0 spiro atoms. The maximum Gasteiger partial charge on any atom is 0.276 e. The van der Waals surface area contributed by atoms with Crippen LogP contribution in [0.5, 0.6) is 0 Å². The summed E-state index contributed by atoms with van der Waals surface area (Å²) in [4.78, 5) is 27.1. The van der Waals surface area contributed by atoms with E-state index in [0.717, 1.165) is 36.2 Å². The number of rotatable bonds is 5. The van der Waals surface area contributed by atoms with E-state index in [0.29, 0.717) is 11.7 Å². The first kappa shape index (κ1) is 24.8. The van der Waals surface area contributed by atoms with E-state index in [1.807, 2.05) is 36.5 Å². The molecule has 7 nitrogen and oxygen atoms in total. The fourth-order valence-electron chi connectivity index (χ4n) is 4.27. The van der Waals surface area contributed by atoms with E-state index in [2.05, 4.69) is 42.6 Å². The van der Waals surface area contributed by atoms with Gasteiger partial charge in [-0.2, -0.15) is 0 Å². The molecule has 9 heteroatoms. The zero-order chi connectivity index (χ0) is 21.0. The Bertz CT molecular complexity index is 1140. The van der Waals surface area contributed by atoms with E-state index in [1.54, 1.807) is 12.3 Å². The van der Waals surface area contributed by atoms with E-state index in [1.165, 1.54) is 24.8 Å². The Morgan fingerprint density at radius 1 is 1.06 bits per heavy atom. The van der Waals surface area contributed by atoms with Crippen molar-refractivity contribution in [1.29, 1.82) is 0 Å². The Kier molecular flexibility index (Phi) is 8.49. The smallest absolute Gasteiger partial charge is 0.276 e. The Hall–Kier alpha value is -2.87. The van der Waals surface area contributed by atoms with Crippen LogP contribution in [0.25, 0.3) is 17.1 Å². The number of benzene rings is 1. The monoisotopic (exact) mass is 486 g/mol. The average Bonchev–Trinajstić information content (AvgIpc) is 3.38. The summed E-state index contributed by atoms with van der Waals surface area (Å²) in [6, 6.07) is 14.3. The predicted molar refractivity (Wildman–Crippen MR) is 137 cm³/mol. The number of halogens is 2. The lowest BCUT2D eigenvalue weighted by molar-refractivity contribution is -0.115. The maximum absolute atomic E-state index is 12.6. The van der Waals surface area contributed by atoms with Crippen LogP contribution < -0.4 is 10.6 Å². The van der Waals surface area contributed by atoms with Crippen LogP contribution in [0.3, 0.4) is 0 Å². The number of nitrogens with one attached hydrogen (secondary N) is 3. The third-order valence-corrected chi connectivity index (χ3v) is 5.87. The minimum Gasteiger partial charge on any atom is -0.348 e. The van der Waals surface area contributed by atoms with Gasteiger partial charge in [0.25, 0.3) is 5.91 Å². The highest BCUT2D eigenvalue weighted by molar-refractivity contribution is 6.14. The Balaban J connectivity index is 0.00000153. The number of aromatic amines is 1. The number of pyridine rings is 1. The summed E-state index contributed by atoms with van der Waals surface area (Å²) in [5.41, 5.74) is 3.26. The quantitative estimate of drug-likeness (QED) is 0.474. The molecular weight excluding hydrogens is 459 g/mol. The summed E-state index contributed by atoms with van der Waals surface area (Å²) in [5, 5.41) is 7.33. The summed E-state index contributed by atoms with van der Waals surface area (Å²) >= 11 is 0. The number of H-pyrrole nitrogens is 1. The normalized spacial score (nSPS) is 18.2. The molecule has 5 rings (SSSR count). The van der Waals surface area contributed by atoms with Crippen molar-refractivity contribution in [2.45, 2.75) is 25.3 Å². The number of hydrogen-bond donors (Lipinski definition) is 3. The molecule has 3 aromatic rings. The standard InChI is InChI=1S/C24H26N6O.2ClH/c31-23-20(14-18-15-26-22-19(18)10-7-11-25-22)27-24(29-23)28-21(17-8-3-1-4-9-17)16-30-12-5-2-6-13-30;;/h1,3-4,7-11,14-15,21H,2,5-6,12-13,16H2,(H,25,26)(H2,27,28,29,31);2*1H/t21-;;/m1../s1. The van der Waals surface area contributed by atoms with Gasteiger partial charge in [-0.05, 0) is 49.7 Å². The van der Waals surface area contributed by atoms with Crippen molar-refractivity contribution >= 4 is 53.8 Å². The zero-order valence-electron chi connectivity index (χ0n) is 18.2. The second-order valence-electron chi connectivity index (χ2n) is 8.06. The van der Waals surface area contributed by atoms with Gasteiger partial charge in [-0.3, -0.25) is 10.1 Å².